The van der Waals surface area contributed by atoms with Gasteiger partial charge in [-0.05, 0) is 30.4 Å². The summed E-state index contributed by atoms with van der Waals surface area (Å²) in [4.78, 5) is 40.0. The van der Waals surface area contributed by atoms with Crippen molar-refractivity contribution in [1.29, 1.82) is 0 Å². The Bertz CT molecular complexity index is 729. The molecule has 1 atom stereocenters. The van der Waals surface area contributed by atoms with E-state index in [1.54, 1.807) is 9.80 Å². The van der Waals surface area contributed by atoms with Crippen molar-refractivity contribution in [3.63, 3.8) is 0 Å². The van der Waals surface area contributed by atoms with Crippen LogP contribution in [0.1, 0.15) is 49.8 Å². The molecule has 1 aromatic carbocycles. The Morgan fingerprint density at radius 2 is 1.93 bits per heavy atom. The zero-order valence-corrected chi connectivity index (χ0v) is 16.3. The number of benzene rings is 1. The molecule has 0 unspecified atom stereocenters. The van der Waals surface area contributed by atoms with Crippen molar-refractivity contribution in [2.45, 2.75) is 51.1 Å². The monoisotopic (exact) mass is 388 g/mol. The number of carboxylic acid groups (broad SMARTS) is 1. The summed E-state index contributed by atoms with van der Waals surface area (Å²) in [6, 6.07) is 7.62. The van der Waals surface area contributed by atoms with Gasteiger partial charge in [0.15, 0.2) is 0 Å². The van der Waals surface area contributed by atoms with Gasteiger partial charge < -0.3 is 19.6 Å². The van der Waals surface area contributed by atoms with Crippen molar-refractivity contribution in [3.05, 3.63) is 35.4 Å². The molecule has 0 aromatic heterocycles. The summed E-state index contributed by atoms with van der Waals surface area (Å²) in [5.74, 6) is -1.06. The van der Waals surface area contributed by atoms with Gasteiger partial charge in [0.1, 0.15) is 0 Å². The smallest absolute Gasteiger partial charge is 0.305 e. The van der Waals surface area contributed by atoms with Crippen LogP contribution in [0.5, 0.6) is 0 Å². The molecule has 0 bridgehead atoms. The highest BCUT2D eigenvalue weighted by molar-refractivity contribution is 5.80. The maximum absolute atomic E-state index is 13.3. The topological polar surface area (TPSA) is 87.2 Å². The first-order valence-corrected chi connectivity index (χ1v) is 9.91. The average molecular weight is 388 g/mol. The lowest BCUT2D eigenvalue weighted by molar-refractivity contribution is -0.141. The van der Waals surface area contributed by atoms with E-state index in [0.717, 1.165) is 12.0 Å². The largest absolute Gasteiger partial charge is 0.481 e. The molecule has 7 heteroatoms. The van der Waals surface area contributed by atoms with E-state index in [1.807, 2.05) is 24.3 Å². The molecule has 0 aliphatic carbocycles. The summed E-state index contributed by atoms with van der Waals surface area (Å²) in [7, 11) is 0. The SMILES string of the molecule is CC(=O)N1CCc2ccccc2[C@@H]1CC(=O)N(CCC(=O)O)C1CCOCC1. The van der Waals surface area contributed by atoms with E-state index in [2.05, 4.69) is 0 Å². The van der Waals surface area contributed by atoms with E-state index in [-0.39, 0.29) is 43.3 Å². The molecule has 1 fully saturated rings. The van der Waals surface area contributed by atoms with E-state index in [0.29, 0.717) is 32.6 Å². The predicted octanol–water partition coefficient (Wildman–Crippen LogP) is 2.00. The van der Waals surface area contributed by atoms with Crippen LogP contribution < -0.4 is 0 Å². The van der Waals surface area contributed by atoms with Crippen molar-refractivity contribution in [2.24, 2.45) is 0 Å². The van der Waals surface area contributed by atoms with Gasteiger partial charge in [-0.25, -0.2) is 0 Å². The third-order valence-electron chi connectivity index (χ3n) is 5.70. The maximum Gasteiger partial charge on any atom is 0.305 e. The molecule has 0 spiro atoms. The molecule has 2 aliphatic heterocycles. The molecule has 2 aliphatic rings. The standard InChI is InChI=1S/C21H28N2O5/c1-15(24)22-10-6-16-4-2-3-5-18(16)19(22)14-20(25)23(11-7-21(26)27)17-8-12-28-13-9-17/h2-5,17,19H,6-14H2,1H3,(H,26,27)/t19-/m0/s1. The molecule has 0 saturated carbocycles. The van der Waals surface area contributed by atoms with Gasteiger partial charge in [0.2, 0.25) is 11.8 Å². The lowest BCUT2D eigenvalue weighted by Gasteiger charge is -2.39. The predicted molar refractivity (Wildman–Crippen MR) is 103 cm³/mol. The molecule has 0 radical (unpaired) electrons. The number of nitrogens with zero attached hydrogens (tertiary/aromatic N) is 2. The third-order valence-corrected chi connectivity index (χ3v) is 5.70. The molecule has 28 heavy (non-hydrogen) atoms. The van der Waals surface area contributed by atoms with Crippen molar-refractivity contribution in [1.82, 2.24) is 9.80 Å². The van der Waals surface area contributed by atoms with E-state index in [1.165, 1.54) is 12.5 Å². The highest BCUT2D eigenvalue weighted by Crippen LogP contribution is 2.33. The molecular formula is C21H28N2O5. The molecular weight excluding hydrogens is 360 g/mol. The summed E-state index contributed by atoms with van der Waals surface area (Å²) < 4.78 is 5.39. The van der Waals surface area contributed by atoms with Gasteiger partial charge in [-0.3, -0.25) is 14.4 Å². The highest BCUT2D eigenvalue weighted by atomic mass is 16.5. The van der Waals surface area contributed by atoms with Gasteiger partial charge in [-0.1, -0.05) is 24.3 Å². The molecule has 3 rings (SSSR count). The number of aliphatic carboxylic acids is 1. The number of ether oxygens (including phenoxy) is 1. The Hall–Kier alpha value is -2.41. The van der Waals surface area contributed by atoms with Crippen LogP contribution in [0.4, 0.5) is 0 Å². The van der Waals surface area contributed by atoms with Crippen LogP contribution in [0.25, 0.3) is 0 Å². The minimum absolute atomic E-state index is 0.00906. The number of carbonyl (C=O) groups is 3. The Morgan fingerprint density at radius 1 is 1.21 bits per heavy atom. The van der Waals surface area contributed by atoms with Crippen LogP contribution in [-0.2, 0) is 25.5 Å². The van der Waals surface area contributed by atoms with Crippen molar-refractivity contribution < 1.29 is 24.2 Å². The van der Waals surface area contributed by atoms with Crippen LogP contribution in [0, 0.1) is 0 Å². The normalized spacial score (nSPS) is 19.8. The lowest BCUT2D eigenvalue weighted by Crippen LogP contribution is -2.47. The first kappa shape index (κ1) is 20.3. The van der Waals surface area contributed by atoms with Gasteiger partial charge in [0.25, 0.3) is 0 Å². The molecule has 152 valence electrons. The molecule has 1 saturated heterocycles. The summed E-state index contributed by atoms with van der Waals surface area (Å²) in [5, 5.41) is 9.09. The van der Waals surface area contributed by atoms with Crippen LogP contribution >= 0.6 is 0 Å². The van der Waals surface area contributed by atoms with E-state index in [4.69, 9.17) is 9.84 Å². The van der Waals surface area contributed by atoms with Gasteiger partial charge >= 0.3 is 5.97 Å². The van der Waals surface area contributed by atoms with Crippen molar-refractivity contribution in [3.8, 4) is 0 Å². The molecule has 7 nitrogen and oxygen atoms in total. The average Bonchev–Trinajstić information content (AvgIpc) is 2.68. The first-order chi connectivity index (χ1) is 13.5. The fourth-order valence-electron chi connectivity index (χ4n) is 4.26. The van der Waals surface area contributed by atoms with Crippen molar-refractivity contribution >= 4 is 17.8 Å². The summed E-state index contributed by atoms with van der Waals surface area (Å²) in [5.41, 5.74) is 2.18. The number of fused-ring (bicyclic) bond motifs is 1. The fraction of sp³-hybridized carbons (Fsp3) is 0.571. The van der Waals surface area contributed by atoms with Crippen LogP contribution in [-0.4, -0.2) is 65.0 Å². The van der Waals surface area contributed by atoms with Crippen LogP contribution in [0.15, 0.2) is 24.3 Å². The van der Waals surface area contributed by atoms with Crippen LogP contribution in [0.2, 0.25) is 0 Å². The van der Waals surface area contributed by atoms with Crippen molar-refractivity contribution in [2.75, 3.05) is 26.3 Å². The minimum atomic E-state index is -0.918. The summed E-state index contributed by atoms with van der Waals surface area (Å²) in [6.45, 7) is 3.47. The van der Waals surface area contributed by atoms with E-state index in [9.17, 15) is 14.4 Å². The number of amides is 2. The number of hydrogen-bond donors (Lipinski definition) is 1. The number of rotatable bonds is 6. The Labute approximate surface area is 165 Å². The van der Waals surface area contributed by atoms with E-state index >= 15 is 0 Å². The molecule has 2 heterocycles. The molecule has 1 aromatic rings. The second-order valence-corrected chi connectivity index (χ2v) is 7.46. The summed E-state index contributed by atoms with van der Waals surface area (Å²) in [6.07, 6.45) is 2.30. The minimum Gasteiger partial charge on any atom is -0.481 e. The second kappa shape index (κ2) is 9.19. The fourth-order valence-corrected chi connectivity index (χ4v) is 4.26. The lowest BCUT2D eigenvalue weighted by atomic mass is 9.90. The zero-order valence-electron chi connectivity index (χ0n) is 16.3. The maximum atomic E-state index is 13.3. The van der Waals surface area contributed by atoms with Crippen LogP contribution in [0.3, 0.4) is 0 Å². The number of carboxylic acids is 1. The highest BCUT2D eigenvalue weighted by Gasteiger charge is 2.34. The number of carbonyl (C=O) groups excluding carboxylic acids is 2. The Balaban J connectivity index is 1.81. The van der Waals surface area contributed by atoms with Gasteiger partial charge in [-0.2, -0.15) is 0 Å². The van der Waals surface area contributed by atoms with E-state index < -0.39 is 5.97 Å². The quantitative estimate of drug-likeness (QED) is 0.805. The first-order valence-electron chi connectivity index (χ1n) is 9.91. The van der Waals surface area contributed by atoms with Gasteiger partial charge in [0, 0.05) is 39.3 Å². The third kappa shape index (κ3) is 4.70. The Morgan fingerprint density at radius 3 is 2.61 bits per heavy atom. The molecule has 2 amide bonds. The van der Waals surface area contributed by atoms with Gasteiger partial charge in [0.05, 0.1) is 18.9 Å². The summed E-state index contributed by atoms with van der Waals surface area (Å²) >= 11 is 0. The molecule has 1 N–H and O–H groups in total. The second-order valence-electron chi connectivity index (χ2n) is 7.46. The van der Waals surface area contributed by atoms with Gasteiger partial charge in [-0.15, -0.1) is 0 Å². The Kier molecular flexibility index (Phi) is 6.67. The number of hydrogen-bond acceptors (Lipinski definition) is 4. The zero-order chi connectivity index (χ0) is 20.1.